The lowest BCUT2D eigenvalue weighted by Crippen LogP contribution is -2.29. The average Bonchev–Trinajstić information content (AvgIpc) is 2.49. The van der Waals surface area contributed by atoms with Crippen LogP contribution in [0.25, 0.3) is 0 Å². The zero-order valence-corrected chi connectivity index (χ0v) is 8.13. The molecular formula is C6H9N3O4S. The Hall–Kier alpha value is -1.41. The lowest BCUT2D eigenvalue weighted by molar-refractivity contribution is -0.135. The van der Waals surface area contributed by atoms with E-state index in [0.717, 1.165) is 6.20 Å². The summed E-state index contributed by atoms with van der Waals surface area (Å²) in [4.78, 5) is 16.3. The van der Waals surface area contributed by atoms with Crippen molar-refractivity contribution in [2.75, 3.05) is 6.54 Å². The van der Waals surface area contributed by atoms with Crippen LogP contribution in [0.1, 0.15) is 5.82 Å². The zero-order chi connectivity index (χ0) is 10.8. The van der Waals surface area contributed by atoms with Gasteiger partial charge < -0.3 is 10.1 Å². The highest BCUT2D eigenvalue weighted by Gasteiger charge is 2.16. The zero-order valence-electron chi connectivity index (χ0n) is 7.31. The van der Waals surface area contributed by atoms with Gasteiger partial charge in [-0.3, -0.25) is 4.79 Å². The summed E-state index contributed by atoms with van der Waals surface area (Å²) >= 11 is 0. The fourth-order valence-corrected chi connectivity index (χ4v) is 1.71. The molecule has 0 atom stereocenters. The standard InChI is InChI=1S/C6H9N3O4S/c1-4-7-2-5(9-4)14(12,13)8-3-6(10)11/h2,8H,3H2,1H3,(H,7,9)(H,10,11). The van der Waals surface area contributed by atoms with E-state index in [1.807, 2.05) is 4.72 Å². The molecule has 8 heteroatoms. The Morgan fingerprint density at radius 1 is 1.71 bits per heavy atom. The van der Waals surface area contributed by atoms with E-state index in [4.69, 9.17) is 5.11 Å². The molecule has 1 heterocycles. The van der Waals surface area contributed by atoms with Crippen LogP contribution in [0.5, 0.6) is 0 Å². The second kappa shape index (κ2) is 3.76. The van der Waals surface area contributed by atoms with Crippen LogP contribution in [0.15, 0.2) is 11.2 Å². The molecule has 0 saturated carbocycles. The van der Waals surface area contributed by atoms with Gasteiger partial charge in [-0.15, -0.1) is 0 Å². The number of nitrogens with one attached hydrogen (secondary N) is 2. The van der Waals surface area contributed by atoms with E-state index >= 15 is 0 Å². The number of carbonyl (C=O) groups is 1. The topological polar surface area (TPSA) is 112 Å². The first-order chi connectivity index (χ1) is 6.42. The number of aromatic amines is 1. The number of carboxylic acid groups (broad SMARTS) is 1. The van der Waals surface area contributed by atoms with Crippen molar-refractivity contribution in [2.45, 2.75) is 11.9 Å². The molecule has 1 rings (SSSR count). The molecule has 0 radical (unpaired) electrons. The summed E-state index contributed by atoms with van der Waals surface area (Å²) in [5, 5.41) is 8.13. The fourth-order valence-electron chi connectivity index (χ4n) is 0.769. The number of nitrogens with zero attached hydrogens (tertiary/aromatic N) is 1. The first-order valence-electron chi connectivity index (χ1n) is 3.65. The van der Waals surface area contributed by atoms with E-state index < -0.39 is 22.5 Å². The quantitative estimate of drug-likeness (QED) is 0.606. The molecule has 14 heavy (non-hydrogen) atoms. The van der Waals surface area contributed by atoms with Crippen LogP contribution in [-0.2, 0) is 14.8 Å². The predicted octanol–water partition coefficient (Wildman–Crippen LogP) is -0.919. The van der Waals surface area contributed by atoms with Crippen LogP contribution in [-0.4, -0.2) is 36.0 Å². The van der Waals surface area contributed by atoms with Crippen LogP contribution >= 0.6 is 0 Å². The molecule has 1 aromatic heterocycles. The lowest BCUT2D eigenvalue weighted by atomic mass is 10.7. The molecule has 0 fully saturated rings. The average molecular weight is 219 g/mol. The van der Waals surface area contributed by atoms with Crippen molar-refractivity contribution >= 4 is 16.0 Å². The Bertz CT molecular complexity index is 436. The van der Waals surface area contributed by atoms with E-state index in [2.05, 4.69) is 9.97 Å². The first-order valence-corrected chi connectivity index (χ1v) is 5.13. The molecule has 0 aliphatic carbocycles. The van der Waals surface area contributed by atoms with Crippen molar-refractivity contribution in [1.82, 2.24) is 14.7 Å². The van der Waals surface area contributed by atoms with E-state index in [1.54, 1.807) is 6.92 Å². The Morgan fingerprint density at radius 3 is 2.79 bits per heavy atom. The van der Waals surface area contributed by atoms with Gasteiger partial charge >= 0.3 is 5.97 Å². The van der Waals surface area contributed by atoms with E-state index in [0.29, 0.717) is 5.82 Å². The van der Waals surface area contributed by atoms with Gasteiger partial charge in [-0.1, -0.05) is 0 Å². The van der Waals surface area contributed by atoms with Gasteiger partial charge in [-0.2, -0.15) is 4.72 Å². The van der Waals surface area contributed by atoms with Gasteiger partial charge in [0.05, 0.1) is 6.20 Å². The van der Waals surface area contributed by atoms with Gasteiger partial charge in [0.2, 0.25) is 0 Å². The second-order valence-corrected chi connectivity index (χ2v) is 4.29. The summed E-state index contributed by atoms with van der Waals surface area (Å²) in [6.45, 7) is 0.941. The minimum absolute atomic E-state index is 0.142. The SMILES string of the molecule is Cc1ncc(S(=O)(=O)NCC(=O)O)[nH]1. The molecule has 7 nitrogen and oxygen atoms in total. The molecule has 0 aliphatic heterocycles. The molecule has 0 aliphatic rings. The van der Waals surface area contributed by atoms with E-state index in [-0.39, 0.29) is 5.03 Å². The first kappa shape index (κ1) is 10.7. The summed E-state index contributed by atoms with van der Waals surface area (Å²) in [6.07, 6.45) is 1.12. The highest BCUT2D eigenvalue weighted by atomic mass is 32.2. The number of H-pyrrole nitrogens is 1. The molecule has 0 saturated heterocycles. The van der Waals surface area contributed by atoms with Crippen molar-refractivity contribution in [3.05, 3.63) is 12.0 Å². The minimum Gasteiger partial charge on any atom is -0.480 e. The molecular weight excluding hydrogens is 210 g/mol. The monoisotopic (exact) mass is 219 g/mol. The molecule has 78 valence electrons. The molecule has 0 unspecified atom stereocenters. The third kappa shape index (κ3) is 2.54. The number of aliphatic carboxylic acids is 1. The van der Waals surface area contributed by atoms with Crippen molar-refractivity contribution in [3.8, 4) is 0 Å². The van der Waals surface area contributed by atoms with Crippen LogP contribution < -0.4 is 4.72 Å². The summed E-state index contributed by atoms with van der Waals surface area (Å²) < 4.78 is 24.5. The lowest BCUT2D eigenvalue weighted by Gasteiger charge is -2.00. The predicted molar refractivity (Wildman–Crippen MR) is 46.1 cm³/mol. The fraction of sp³-hybridized carbons (Fsp3) is 0.333. The number of hydrogen-bond acceptors (Lipinski definition) is 4. The number of aromatic nitrogens is 2. The maximum atomic E-state index is 11.3. The highest BCUT2D eigenvalue weighted by molar-refractivity contribution is 7.89. The number of aryl methyl sites for hydroxylation is 1. The van der Waals surface area contributed by atoms with Crippen molar-refractivity contribution in [2.24, 2.45) is 0 Å². The number of hydrogen-bond donors (Lipinski definition) is 3. The molecule has 0 aromatic carbocycles. The molecule has 0 bridgehead atoms. The number of sulfonamides is 1. The van der Waals surface area contributed by atoms with Crippen LogP contribution in [0, 0.1) is 6.92 Å². The maximum absolute atomic E-state index is 11.3. The summed E-state index contributed by atoms with van der Waals surface area (Å²) in [5.41, 5.74) is 0. The van der Waals surface area contributed by atoms with Gasteiger partial charge in [0, 0.05) is 0 Å². The molecule has 0 amide bonds. The van der Waals surface area contributed by atoms with Crippen molar-refractivity contribution in [3.63, 3.8) is 0 Å². The number of imidazole rings is 1. The largest absolute Gasteiger partial charge is 0.480 e. The van der Waals surface area contributed by atoms with E-state index in [1.165, 1.54) is 0 Å². The van der Waals surface area contributed by atoms with Crippen LogP contribution in [0.2, 0.25) is 0 Å². The van der Waals surface area contributed by atoms with Gasteiger partial charge in [0.25, 0.3) is 10.0 Å². The third-order valence-electron chi connectivity index (χ3n) is 1.38. The van der Waals surface area contributed by atoms with Gasteiger partial charge in [-0.05, 0) is 6.92 Å². The van der Waals surface area contributed by atoms with Crippen LogP contribution in [0.4, 0.5) is 0 Å². The molecule has 0 spiro atoms. The Morgan fingerprint density at radius 2 is 2.36 bits per heavy atom. The second-order valence-electron chi connectivity index (χ2n) is 2.55. The van der Waals surface area contributed by atoms with Crippen molar-refractivity contribution in [1.29, 1.82) is 0 Å². The van der Waals surface area contributed by atoms with Crippen LogP contribution in [0.3, 0.4) is 0 Å². The summed E-state index contributed by atoms with van der Waals surface area (Å²) in [7, 11) is -3.78. The van der Waals surface area contributed by atoms with E-state index in [9.17, 15) is 13.2 Å². The summed E-state index contributed by atoms with van der Waals surface area (Å²) in [5.74, 6) is -0.800. The normalized spacial score (nSPS) is 11.5. The van der Waals surface area contributed by atoms with Gasteiger partial charge in [-0.25, -0.2) is 13.4 Å². The molecule has 1 aromatic rings. The highest BCUT2D eigenvalue weighted by Crippen LogP contribution is 2.03. The number of carboxylic acids is 1. The Kier molecular flexibility index (Phi) is 2.87. The Balaban J connectivity index is 2.81. The van der Waals surface area contributed by atoms with Gasteiger partial charge in [0.15, 0.2) is 5.03 Å². The molecule has 3 N–H and O–H groups in total. The number of rotatable bonds is 4. The minimum atomic E-state index is -3.78. The maximum Gasteiger partial charge on any atom is 0.318 e. The van der Waals surface area contributed by atoms with Crippen molar-refractivity contribution < 1.29 is 18.3 Å². The smallest absolute Gasteiger partial charge is 0.318 e. The third-order valence-corrected chi connectivity index (χ3v) is 2.69. The Labute approximate surface area is 80.2 Å². The van der Waals surface area contributed by atoms with Gasteiger partial charge in [0.1, 0.15) is 12.4 Å². The summed E-state index contributed by atoms with van der Waals surface area (Å²) in [6, 6.07) is 0.